The Bertz CT molecular complexity index is 1170. The van der Waals surface area contributed by atoms with Gasteiger partial charge in [0.25, 0.3) is 0 Å². The van der Waals surface area contributed by atoms with Crippen LogP contribution in [0, 0.1) is 5.92 Å². The van der Waals surface area contributed by atoms with Crippen LogP contribution in [0.25, 0.3) is 11.4 Å². The number of halogens is 6. The van der Waals surface area contributed by atoms with Crippen LogP contribution in [0.3, 0.4) is 0 Å². The molecule has 2 heterocycles. The molecular formula is C23H19F6N3O3. The van der Waals surface area contributed by atoms with E-state index in [0.29, 0.717) is 31.6 Å². The van der Waals surface area contributed by atoms with Gasteiger partial charge in [-0.15, -0.1) is 0 Å². The second-order valence-corrected chi connectivity index (χ2v) is 7.98. The minimum Gasteiger partial charge on any atom is -0.381 e. The summed E-state index contributed by atoms with van der Waals surface area (Å²) in [5, 5.41) is 3.32. The Morgan fingerprint density at radius 3 is 2.26 bits per heavy atom. The standard InChI is InChI=1S/C23H19F6N3O3/c24-22(25,26)17-2-1-3-18(12-17)32(20(33)16-8-10-34-11-9-16)13-14-4-6-15(7-5-14)19-30-21(35-31-19)23(27,28)29/h1-7,12,16H,8-11,13H2. The number of rotatable bonds is 5. The fourth-order valence-electron chi connectivity index (χ4n) is 3.71. The van der Waals surface area contributed by atoms with E-state index in [1.807, 2.05) is 0 Å². The lowest BCUT2D eigenvalue weighted by molar-refractivity contribution is -0.159. The summed E-state index contributed by atoms with van der Waals surface area (Å²) in [5.41, 5.74) is 0.00145. The zero-order valence-corrected chi connectivity index (χ0v) is 18.1. The van der Waals surface area contributed by atoms with Crippen LogP contribution in [0.5, 0.6) is 0 Å². The third-order valence-corrected chi connectivity index (χ3v) is 5.54. The predicted octanol–water partition coefficient (Wildman–Crippen LogP) is 5.73. The molecule has 2 aromatic carbocycles. The van der Waals surface area contributed by atoms with Gasteiger partial charge in [0.05, 0.1) is 12.1 Å². The van der Waals surface area contributed by atoms with Crippen LogP contribution < -0.4 is 4.90 Å². The first kappa shape index (κ1) is 24.7. The first-order valence-electron chi connectivity index (χ1n) is 10.6. The van der Waals surface area contributed by atoms with Gasteiger partial charge in [0.2, 0.25) is 11.7 Å². The number of amides is 1. The van der Waals surface area contributed by atoms with Crippen LogP contribution in [0.1, 0.15) is 29.9 Å². The second-order valence-electron chi connectivity index (χ2n) is 7.98. The summed E-state index contributed by atoms with van der Waals surface area (Å²) in [6.07, 6.45) is -8.45. The topological polar surface area (TPSA) is 68.5 Å². The zero-order valence-electron chi connectivity index (χ0n) is 18.1. The summed E-state index contributed by atoms with van der Waals surface area (Å²) < 4.78 is 87.5. The predicted molar refractivity (Wildman–Crippen MR) is 111 cm³/mol. The SMILES string of the molecule is O=C(C1CCOCC1)N(Cc1ccc(-c2noc(C(F)(F)F)n2)cc1)c1cccc(C(F)(F)F)c1. The maximum atomic E-state index is 13.3. The van der Waals surface area contributed by atoms with E-state index in [-0.39, 0.29) is 29.5 Å². The molecule has 4 rings (SSSR count). The van der Waals surface area contributed by atoms with Gasteiger partial charge < -0.3 is 14.2 Å². The molecule has 3 aromatic rings. The first-order valence-corrected chi connectivity index (χ1v) is 10.6. The van der Waals surface area contributed by atoms with Gasteiger partial charge >= 0.3 is 18.2 Å². The lowest BCUT2D eigenvalue weighted by Crippen LogP contribution is -2.38. The van der Waals surface area contributed by atoms with Crippen molar-refractivity contribution in [3.8, 4) is 11.4 Å². The van der Waals surface area contributed by atoms with Crippen LogP contribution in [-0.2, 0) is 28.4 Å². The molecule has 1 aliphatic heterocycles. The highest BCUT2D eigenvalue weighted by atomic mass is 19.4. The molecule has 0 atom stereocenters. The van der Waals surface area contributed by atoms with E-state index in [4.69, 9.17) is 4.74 Å². The summed E-state index contributed by atoms with van der Waals surface area (Å²) in [6.45, 7) is 0.718. The number of carbonyl (C=O) groups is 1. The van der Waals surface area contributed by atoms with Crippen molar-refractivity contribution in [1.82, 2.24) is 10.1 Å². The van der Waals surface area contributed by atoms with Gasteiger partial charge in [-0.3, -0.25) is 4.79 Å². The van der Waals surface area contributed by atoms with Gasteiger partial charge in [-0.2, -0.15) is 31.3 Å². The van der Waals surface area contributed by atoms with Crippen molar-refractivity contribution >= 4 is 11.6 Å². The molecule has 0 spiro atoms. The highest BCUT2D eigenvalue weighted by Crippen LogP contribution is 2.33. The molecule has 1 saturated heterocycles. The molecule has 0 N–H and O–H groups in total. The van der Waals surface area contributed by atoms with E-state index in [0.717, 1.165) is 12.1 Å². The maximum absolute atomic E-state index is 13.3. The number of anilines is 1. The highest BCUT2D eigenvalue weighted by Gasteiger charge is 2.38. The minimum absolute atomic E-state index is 0.0438. The van der Waals surface area contributed by atoms with Crippen LogP contribution in [0.2, 0.25) is 0 Å². The molecule has 186 valence electrons. The van der Waals surface area contributed by atoms with E-state index < -0.39 is 29.7 Å². The monoisotopic (exact) mass is 499 g/mol. The van der Waals surface area contributed by atoms with Crippen LogP contribution >= 0.6 is 0 Å². The number of ether oxygens (including phenoxy) is 1. The second kappa shape index (κ2) is 9.68. The van der Waals surface area contributed by atoms with E-state index in [9.17, 15) is 31.1 Å². The summed E-state index contributed by atoms with van der Waals surface area (Å²) in [4.78, 5) is 17.9. The van der Waals surface area contributed by atoms with E-state index >= 15 is 0 Å². The Kier molecular flexibility index (Phi) is 6.84. The average molecular weight is 499 g/mol. The molecule has 1 fully saturated rings. The number of hydrogen-bond acceptors (Lipinski definition) is 5. The van der Waals surface area contributed by atoms with Gasteiger partial charge in [0.1, 0.15) is 0 Å². The molecule has 0 saturated carbocycles. The number of carbonyl (C=O) groups excluding carboxylic acids is 1. The van der Waals surface area contributed by atoms with Crippen molar-refractivity contribution < 1.29 is 40.4 Å². The van der Waals surface area contributed by atoms with Crippen molar-refractivity contribution in [2.24, 2.45) is 5.92 Å². The third-order valence-electron chi connectivity index (χ3n) is 5.54. The molecule has 0 aliphatic carbocycles. The molecule has 0 unspecified atom stereocenters. The Hall–Kier alpha value is -3.41. The summed E-state index contributed by atoms with van der Waals surface area (Å²) in [5.74, 6) is -2.48. The fraction of sp³-hybridized carbons (Fsp3) is 0.348. The number of hydrogen-bond donors (Lipinski definition) is 0. The summed E-state index contributed by atoms with van der Waals surface area (Å²) >= 11 is 0. The van der Waals surface area contributed by atoms with Crippen molar-refractivity contribution in [2.45, 2.75) is 31.7 Å². The van der Waals surface area contributed by atoms with Crippen molar-refractivity contribution in [3.05, 3.63) is 65.5 Å². The highest BCUT2D eigenvalue weighted by molar-refractivity contribution is 5.95. The van der Waals surface area contributed by atoms with Gasteiger partial charge in [-0.25, -0.2) is 0 Å². The van der Waals surface area contributed by atoms with Gasteiger partial charge in [-0.05, 0) is 36.6 Å². The van der Waals surface area contributed by atoms with Gasteiger partial charge in [-0.1, -0.05) is 35.5 Å². The number of benzene rings is 2. The molecule has 12 heteroatoms. The van der Waals surface area contributed by atoms with E-state index in [1.165, 1.54) is 41.3 Å². The van der Waals surface area contributed by atoms with Crippen LogP contribution in [0.4, 0.5) is 32.0 Å². The first-order chi connectivity index (χ1) is 16.5. The average Bonchev–Trinajstić information content (AvgIpc) is 3.34. The fourth-order valence-corrected chi connectivity index (χ4v) is 3.71. The summed E-state index contributed by atoms with van der Waals surface area (Å²) in [6, 6.07) is 10.5. The lowest BCUT2D eigenvalue weighted by Gasteiger charge is -2.30. The quantitative estimate of drug-likeness (QED) is 0.419. The van der Waals surface area contributed by atoms with Crippen LogP contribution in [0.15, 0.2) is 53.1 Å². The number of nitrogens with zero attached hydrogens (tertiary/aromatic N) is 3. The van der Waals surface area contributed by atoms with Crippen molar-refractivity contribution in [2.75, 3.05) is 18.1 Å². The normalized spacial score (nSPS) is 15.3. The molecule has 0 radical (unpaired) electrons. The minimum atomic E-state index is -4.78. The number of alkyl halides is 6. The van der Waals surface area contributed by atoms with E-state index in [1.54, 1.807) is 0 Å². The molecule has 1 aromatic heterocycles. The van der Waals surface area contributed by atoms with E-state index in [2.05, 4.69) is 14.7 Å². The Morgan fingerprint density at radius 2 is 1.66 bits per heavy atom. The Balaban J connectivity index is 1.61. The smallest absolute Gasteiger partial charge is 0.381 e. The van der Waals surface area contributed by atoms with Gasteiger partial charge in [0.15, 0.2) is 0 Å². The van der Waals surface area contributed by atoms with Crippen molar-refractivity contribution in [3.63, 3.8) is 0 Å². The molecule has 0 bridgehead atoms. The zero-order chi connectivity index (χ0) is 25.2. The molecule has 35 heavy (non-hydrogen) atoms. The third kappa shape index (κ3) is 5.81. The molecule has 6 nitrogen and oxygen atoms in total. The molecule has 1 amide bonds. The Morgan fingerprint density at radius 1 is 0.971 bits per heavy atom. The Labute approximate surface area is 195 Å². The maximum Gasteiger partial charge on any atom is 0.471 e. The van der Waals surface area contributed by atoms with Gasteiger partial charge in [0, 0.05) is 30.4 Å². The van der Waals surface area contributed by atoms with Crippen molar-refractivity contribution in [1.29, 1.82) is 0 Å². The molecular weight excluding hydrogens is 480 g/mol. The lowest BCUT2D eigenvalue weighted by atomic mass is 9.97. The van der Waals surface area contributed by atoms with Crippen LogP contribution in [-0.4, -0.2) is 29.3 Å². The summed E-state index contributed by atoms with van der Waals surface area (Å²) in [7, 11) is 0. The molecule has 1 aliphatic rings. The largest absolute Gasteiger partial charge is 0.471 e. The number of aromatic nitrogens is 2.